The van der Waals surface area contributed by atoms with Crippen LogP contribution >= 0.6 is 0 Å². The van der Waals surface area contributed by atoms with Crippen molar-refractivity contribution in [2.24, 2.45) is 0 Å². The SMILES string of the molecule is Cc1ccccc1OCCOCCNCc1ccccc1. The van der Waals surface area contributed by atoms with Crippen LogP contribution in [-0.4, -0.2) is 26.4 Å². The second-order valence-corrected chi connectivity index (χ2v) is 4.89. The van der Waals surface area contributed by atoms with E-state index in [9.17, 15) is 0 Å². The summed E-state index contributed by atoms with van der Waals surface area (Å²) in [7, 11) is 0. The molecule has 2 rings (SSSR count). The molecule has 0 fully saturated rings. The van der Waals surface area contributed by atoms with Crippen molar-refractivity contribution in [1.29, 1.82) is 0 Å². The molecule has 3 nitrogen and oxygen atoms in total. The van der Waals surface area contributed by atoms with Crippen molar-refractivity contribution in [3.8, 4) is 5.75 Å². The highest BCUT2D eigenvalue weighted by Crippen LogP contribution is 2.15. The molecule has 0 heterocycles. The molecule has 0 aromatic heterocycles. The van der Waals surface area contributed by atoms with Gasteiger partial charge in [0.15, 0.2) is 0 Å². The standard InChI is InChI=1S/C18H23NO2/c1-16-7-5-6-10-18(16)21-14-13-20-12-11-19-15-17-8-3-2-4-9-17/h2-10,19H,11-15H2,1H3. The van der Waals surface area contributed by atoms with E-state index in [2.05, 4.69) is 29.6 Å². The predicted molar refractivity (Wildman–Crippen MR) is 85.6 cm³/mol. The quantitative estimate of drug-likeness (QED) is 0.718. The predicted octanol–water partition coefficient (Wildman–Crippen LogP) is 3.18. The third kappa shape index (κ3) is 5.98. The molecule has 0 aliphatic heterocycles. The summed E-state index contributed by atoms with van der Waals surface area (Å²) in [6.07, 6.45) is 0. The molecule has 0 aliphatic carbocycles. The topological polar surface area (TPSA) is 30.5 Å². The minimum atomic E-state index is 0.587. The highest BCUT2D eigenvalue weighted by Gasteiger charge is 1.97. The van der Waals surface area contributed by atoms with Crippen LogP contribution in [0.25, 0.3) is 0 Å². The van der Waals surface area contributed by atoms with Crippen LogP contribution in [0, 0.1) is 6.92 Å². The monoisotopic (exact) mass is 285 g/mol. The van der Waals surface area contributed by atoms with Crippen molar-refractivity contribution in [3.05, 3.63) is 65.7 Å². The van der Waals surface area contributed by atoms with Crippen molar-refractivity contribution < 1.29 is 9.47 Å². The lowest BCUT2D eigenvalue weighted by molar-refractivity contribution is 0.101. The van der Waals surface area contributed by atoms with Crippen LogP contribution < -0.4 is 10.1 Å². The number of hydrogen-bond donors (Lipinski definition) is 1. The first-order chi connectivity index (χ1) is 10.4. The Morgan fingerprint density at radius 2 is 1.62 bits per heavy atom. The Morgan fingerprint density at radius 1 is 0.857 bits per heavy atom. The smallest absolute Gasteiger partial charge is 0.122 e. The Kier molecular flexibility index (Phi) is 6.78. The Bertz CT molecular complexity index is 514. The van der Waals surface area contributed by atoms with E-state index in [4.69, 9.17) is 9.47 Å². The number of nitrogens with one attached hydrogen (secondary N) is 1. The summed E-state index contributed by atoms with van der Waals surface area (Å²) in [4.78, 5) is 0. The maximum absolute atomic E-state index is 5.67. The summed E-state index contributed by atoms with van der Waals surface area (Å²) in [6.45, 7) is 5.67. The van der Waals surface area contributed by atoms with Crippen molar-refractivity contribution in [2.45, 2.75) is 13.5 Å². The van der Waals surface area contributed by atoms with E-state index in [0.717, 1.165) is 24.4 Å². The van der Waals surface area contributed by atoms with Gasteiger partial charge in [0.1, 0.15) is 12.4 Å². The van der Waals surface area contributed by atoms with Crippen molar-refractivity contribution in [3.63, 3.8) is 0 Å². The lowest BCUT2D eigenvalue weighted by atomic mass is 10.2. The van der Waals surface area contributed by atoms with Gasteiger partial charge in [0.2, 0.25) is 0 Å². The molecular formula is C18H23NO2. The highest BCUT2D eigenvalue weighted by atomic mass is 16.5. The third-order valence-corrected chi connectivity index (χ3v) is 3.17. The van der Waals surface area contributed by atoms with E-state index in [1.54, 1.807) is 0 Å². The molecular weight excluding hydrogens is 262 g/mol. The summed E-state index contributed by atoms with van der Waals surface area (Å²) in [5.41, 5.74) is 2.45. The molecule has 2 aromatic rings. The lowest BCUT2D eigenvalue weighted by Gasteiger charge is -2.09. The Labute approximate surface area is 126 Å². The third-order valence-electron chi connectivity index (χ3n) is 3.17. The summed E-state index contributed by atoms with van der Waals surface area (Å²) in [5, 5.41) is 3.35. The maximum Gasteiger partial charge on any atom is 0.122 e. The second kappa shape index (κ2) is 9.16. The summed E-state index contributed by atoms with van der Waals surface area (Å²) in [6, 6.07) is 18.4. The van der Waals surface area contributed by atoms with Gasteiger partial charge in [0.05, 0.1) is 13.2 Å². The average molecular weight is 285 g/mol. The molecule has 21 heavy (non-hydrogen) atoms. The van der Waals surface area contributed by atoms with Crippen LogP contribution in [0.4, 0.5) is 0 Å². The first kappa shape index (κ1) is 15.5. The van der Waals surface area contributed by atoms with Crippen molar-refractivity contribution >= 4 is 0 Å². The fraction of sp³-hybridized carbons (Fsp3) is 0.333. The number of rotatable bonds is 9. The number of benzene rings is 2. The van der Waals surface area contributed by atoms with Crippen molar-refractivity contribution in [1.82, 2.24) is 5.32 Å². The van der Waals surface area contributed by atoms with E-state index in [-0.39, 0.29) is 0 Å². The van der Waals surface area contributed by atoms with Crippen LogP contribution in [0.1, 0.15) is 11.1 Å². The summed E-state index contributed by atoms with van der Waals surface area (Å²) >= 11 is 0. The Hall–Kier alpha value is -1.84. The molecule has 0 bridgehead atoms. The Balaban J connectivity index is 1.48. The molecule has 1 N–H and O–H groups in total. The van der Waals surface area contributed by atoms with E-state index in [0.29, 0.717) is 19.8 Å². The first-order valence-corrected chi connectivity index (χ1v) is 7.37. The second-order valence-electron chi connectivity index (χ2n) is 4.89. The van der Waals surface area contributed by atoms with E-state index in [1.807, 2.05) is 37.3 Å². The van der Waals surface area contributed by atoms with Gasteiger partial charge in [-0.2, -0.15) is 0 Å². The van der Waals surface area contributed by atoms with Gasteiger partial charge in [-0.1, -0.05) is 48.5 Å². The van der Waals surface area contributed by atoms with Gasteiger partial charge in [-0.3, -0.25) is 0 Å². The Morgan fingerprint density at radius 3 is 2.43 bits per heavy atom. The minimum absolute atomic E-state index is 0.587. The lowest BCUT2D eigenvalue weighted by Crippen LogP contribution is -2.20. The van der Waals surface area contributed by atoms with E-state index >= 15 is 0 Å². The van der Waals surface area contributed by atoms with Crippen LogP contribution in [0.5, 0.6) is 5.75 Å². The fourth-order valence-corrected chi connectivity index (χ4v) is 2.00. The molecule has 0 saturated heterocycles. The van der Waals surface area contributed by atoms with Gasteiger partial charge in [-0.15, -0.1) is 0 Å². The molecule has 3 heteroatoms. The zero-order chi connectivity index (χ0) is 14.8. The zero-order valence-electron chi connectivity index (χ0n) is 12.5. The van der Waals surface area contributed by atoms with Crippen LogP contribution in [0.2, 0.25) is 0 Å². The number of hydrogen-bond acceptors (Lipinski definition) is 3. The van der Waals surface area contributed by atoms with E-state index < -0.39 is 0 Å². The van der Waals surface area contributed by atoms with Gasteiger partial charge in [0, 0.05) is 13.1 Å². The van der Waals surface area contributed by atoms with Crippen molar-refractivity contribution in [2.75, 3.05) is 26.4 Å². The molecule has 0 spiro atoms. The van der Waals surface area contributed by atoms with Gasteiger partial charge in [-0.05, 0) is 24.1 Å². The zero-order valence-corrected chi connectivity index (χ0v) is 12.5. The van der Waals surface area contributed by atoms with Gasteiger partial charge >= 0.3 is 0 Å². The van der Waals surface area contributed by atoms with Crippen LogP contribution in [-0.2, 0) is 11.3 Å². The molecule has 2 aromatic carbocycles. The normalized spacial score (nSPS) is 10.5. The molecule has 0 saturated carbocycles. The molecule has 0 radical (unpaired) electrons. The van der Waals surface area contributed by atoms with Crippen LogP contribution in [0.15, 0.2) is 54.6 Å². The summed E-state index contributed by atoms with van der Waals surface area (Å²) in [5.74, 6) is 0.934. The first-order valence-electron chi connectivity index (χ1n) is 7.37. The molecule has 0 aliphatic rings. The van der Waals surface area contributed by atoms with Gasteiger partial charge in [0.25, 0.3) is 0 Å². The molecule has 0 amide bonds. The number of aryl methyl sites for hydroxylation is 1. The minimum Gasteiger partial charge on any atom is -0.491 e. The molecule has 0 unspecified atom stereocenters. The number of ether oxygens (including phenoxy) is 2. The molecule has 0 atom stereocenters. The van der Waals surface area contributed by atoms with E-state index in [1.165, 1.54) is 5.56 Å². The average Bonchev–Trinajstić information content (AvgIpc) is 2.52. The summed E-state index contributed by atoms with van der Waals surface area (Å²) < 4.78 is 11.2. The fourth-order valence-electron chi connectivity index (χ4n) is 2.00. The maximum atomic E-state index is 5.67. The molecule has 112 valence electrons. The van der Waals surface area contributed by atoms with Crippen LogP contribution in [0.3, 0.4) is 0 Å². The highest BCUT2D eigenvalue weighted by molar-refractivity contribution is 5.31. The van der Waals surface area contributed by atoms with Gasteiger partial charge in [-0.25, -0.2) is 0 Å². The van der Waals surface area contributed by atoms with Gasteiger partial charge < -0.3 is 14.8 Å². The largest absolute Gasteiger partial charge is 0.491 e. The number of para-hydroxylation sites is 1.